The van der Waals surface area contributed by atoms with Crippen molar-refractivity contribution in [3.63, 3.8) is 0 Å². The second-order valence-corrected chi connectivity index (χ2v) is 3.26. The smallest absolute Gasteiger partial charge is 0.0458 e. The number of benzene rings is 1. The highest BCUT2D eigenvalue weighted by molar-refractivity contribution is 8.02. The van der Waals surface area contributed by atoms with Crippen molar-refractivity contribution in [2.45, 2.75) is 11.8 Å². The van der Waals surface area contributed by atoms with Gasteiger partial charge in [0.15, 0.2) is 0 Å². The quantitative estimate of drug-likeness (QED) is 0.538. The molecule has 1 nitrogen and oxygen atoms in total. The molecule has 11 heavy (non-hydrogen) atoms. The van der Waals surface area contributed by atoms with Gasteiger partial charge in [-0.05, 0) is 24.0 Å². The number of aryl methyl sites for hydroxylation is 1. The highest BCUT2D eigenvalue weighted by atomic mass is 32.2. The van der Waals surface area contributed by atoms with Gasteiger partial charge in [-0.3, -0.25) is 0 Å². The van der Waals surface area contributed by atoms with E-state index in [1.54, 1.807) is 17.2 Å². The van der Waals surface area contributed by atoms with E-state index in [0.717, 1.165) is 10.6 Å². The van der Waals surface area contributed by atoms with Gasteiger partial charge >= 0.3 is 0 Å². The fourth-order valence-electron chi connectivity index (χ4n) is 0.919. The summed E-state index contributed by atoms with van der Waals surface area (Å²) in [6.45, 7) is 5.69. The lowest BCUT2D eigenvalue weighted by molar-refractivity contribution is 1.31. The molecule has 0 heterocycles. The van der Waals surface area contributed by atoms with Crippen LogP contribution in [0, 0.1) is 6.92 Å². The third-order valence-electron chi connectivity index (χ3n) is 1.44. The van der Waals surface area contributed by atoms with E-state index < -0.39 is 0 Å². The molecular weight excluding hydrogens is 154 g/mol. The lowest BCUT2D eigenvalue weighted by Crippen LogP contribution is -1.89. The van der Waals surface area contributed by atoms with Gasteiger partial charge in [0.1, 0.15) is 0 Å². The summed E-state index contributed by atoms with van der Waals surface area (Å²) >= 11 is 1.57. The number of nitrogen functional groups attached to an aromatic ring is 1. The topological polar surface area (TPSA) is 26.0 Å². The second-order valence-electron chi connectivity index (χ2n) is 2.28. The van der Waals surface area contributed by atoms with Crippen molar-refractivity contribution >= 4 is 17.4 Å². The number of nitrogens with two attached hydrogens (primary N) is 1. The molecule has 0 aromatic heterocycles. The van der Waals surface area contributed by atoms with Crippen LogP contribution < -0.4 is 5.73 Å². The molecule has 2 N–H and O–H groups in total. The maximum atomic E-state index is 5.74. The summed E-state index contributed by atoms with van der Waals surface area (Å²) in [6.07, 6.45) is 0. The van der Waals surface area contributed by atoms with Gasteiger partial charge < -0.3 is 5.73 Å². The Hall–Kier alpha value is -0.890. The number of hydrogen-bond acceptors (Lipinski definition) is 2. The summed E-state index contributed by atoms with van der Waals surface area (Å²) < 4.78 is 0. The zero-order valence-corrected chi connectivity index (χ0v) is 7.32. The predicted octanol–water partition coefficient (Wildman–Crippen LogP) is 2.81. The van der Waals surface area contributed by atoms with E-state index in [4.69, 9.17) is 5.73 Å². The Balaban J connectivity index is 3.09. The van der Waals surface area contributed by atoms with Gasteiger partial charge in [0.25, 0.3) is 0 Å². The first-order valence-electron chi connectivity index (χ1n) is 3.38. The summed E-state index contributed by atoms with van der Waals surface area (Å²) in [4.78, 5) is 1.11. The Morgan fingerprint density at radius 3 is 2.82 bits per heavy atom. The van der Waals surface area contributed by atoms with Crippen LogP contribution in [-0.4, -0.2) is 0 Å². The summed E-state index contributed by atoms with van der Waals surface area (Å²) in [5.74, 6) is 0. The van der Waals surface area contributed by atoms with Gasteiger partial charge in [0.2, 0.25) is 0 Å². The monoisotopic (exact) mass is 165 g/mol. The van der Waals surface area contributed by atoms with Crippen LogP contribution in [0.5, 0.6) is 0 Å². The minimum atomic E-state index is 0.829. The molecule has 0 unspecified atom stereocenters. The fourth-order valence-corrected chi connectivity index (χ4v) is 1.54. The molecule has 0 aliphatic rings. The molecule has 0 saturated carbocycles. The Morgan fingerprint density at radius 2 is 2.27 bits per heavy atom. The van der Waals surface area contributed by atoms with E-state index in [2.05, 4.69) is 6.58 Å². The number of hydrogen-bond donors (Lipinski definition) is 1. The van der Waals surface area contributed by atoms with Crippen molar-refractivity contribution in [1.29, 1.82) is 0 Å². The van der Waals surface area contributed by atoms with Gasteiger partial charge in [-0.2, -0.15) is 0 Å². The van der Waals surface area contributed by atoms with E-state index in [1.807, 2.05) is 25.1 Å². The van der Waals surface area contributed by atoms with Gasteiger partial charge in [-0.15, -0.1) is 0 Å². The Kier molecular flexibility index (Phi) is 2.60. The van der Waals surface area contributed by atoms with Crippen LogP contribution in [0.25, 0.3) is 0 Å². The predicted molar refractivity (Wildman–Crippen MR) is 51.6 cm³/mol. The molecule has 0 aliphatic heterocycles. The zero-order chi connectivity index (χ0) is 8.27. The van der Waals surface area contributed by atoms with Crippen molar-refractivity contribution in [3.8, 4) is 0 Å². The first-order chi connectivity index (χ1) is 5.25. The molecule has 0 fully saturated rings. The van der Waals surface area contributed by atoms with Crippen molar-refractivity contribution in [3.05, 3.63) is 35.7 Å². The molecule has 1 rings (SSSR count). The molecule has 0 saturated heterocycles. The minimum Gasteiger partial charge on any atom is -0.398 e. The van der Waals surface area contributed by atoms with E-state index >= 15 is 0 Å². The SMILES string of the molecule is C=CSc1c(C)cccc1N. The van der Waals surface area contributed by atoms with Crippen molar-refractivity contribution in [2.75, 3.05) is 5.73 Å². The van der Waals surface area contributed by atoms with Gasteiger partial charge in [0.05, 0.1) is 0 Å². The summed E-state index contributed by atoms with van der Waals surface area (Å²) in [5, 5.41) is 1.79. The molecular formula is C9H11NS. The van der Waals surface area contributed by atoms with Crippen LogP contribution in [-0.2, 0) is 0 Å². The van der Waals surface area contributed by atoms with Gasteiger partial charge in [0, 0.05) is 10.6 Å². The highest BCUT2D eigenvalue weighted by Crippen LogP contribution is 2.28. The molecule has 2 heteroatoms. The first-order valence-corrected chi connectivity index (χ1v) is 4.26. The van der Waals surface area contributed by atoms with Crippen molar-refractivity contribution in [2.24, 2.45) is 0 Å². The molecule has 1 aromatic carbocycles. The number of thioether (sulfide) groups is 1. The maximum Gasteiger partial charge on any atom is 0.0458 e. The minimum absolute atomic E-state index is 0.829. The Morgan fingerprint density at radius 1 is 1.55 bits per heavy atom. The van der Waals surface area contributed by atoms with Crippen LogP contribution >= 0.6 is 11.8 Å². The number of rotatable bonds is 2. The van der Waals surface area contributed by atoms with Crippen molar-refractivity contribution < 1.29 is 0 Å². The first kappa shape index (κ1) is 8.21. The van der Waals surface area contributed by atoms with Gasteiger partial charge in [-0.1, -0.05) is 30.5 Å². The molecule has 0 amide bonds. The lowest BCUT2D eigenvalue weighted by Gasteiger charge is -2.04. The lowest BCUT2D eigenvalue weighted by atomic mass is 10.2. The third-order valence-corrected chi connectivity index (χ3v) is 2.40. The average Bonchev–Trinajstić information content (AvgIpc) is 1.97. The third kappa shape index (κ3) is 1.77. The second kappa shape index (κ2) is 3.49. The fraction of sp³-hybridized carbons (Fsp3) is 0.111. The maximum absolute atomic E-state index is 5.74. The normalized spacial score (nSPS) is 9.55. The Bertz CT molecular complexity index is 248. The summed E-state index contributed by atoms with van der Waals surface area (Å²) in [6, 6.07) is 5.90. The highest BCUT2D eigenvalue weighted by Gasteiger charge is 1.99. The molecule has 0 aliphatic carbocycles. The van der Waals surface area contributed by atoms with E-state index in [1.165, 1.54) is 5.56 Å². The van der Waals surface area contributed by atoms with E-state index in [9.17, 15) is 0 Å². The van der Waals surface area contributed by atoms with E-state index in [-0.39, 0.29) is 0 Å². The molecule has 0 atom stereocenters. The molecule has 0 spiro atoms. The van der Waals surface area contributed by atoms with Crippen LogP contribution in [0.3, 0.4) is 0 Å². The molecule has 1 aromatic rings. The molecule has 0 bridgehead atoms. The van der Waals surface area contributed by atoms with Gasteiger partial charge in [-0.25, -0.2) is 0 Å². The zero-order valence-electron chi connectivity index (χ0n) is 6.50. The molecule has 0 radical (unpaired) electrons. The largest absolute Gasteiger partial charge is 0.398 e. The van der Waals surface area contributed by atoms with Crippen LogP contribution in [0.2, 0.25) is 0 Å². The van der Waals surface area contributed by atoms with Crippen LogP contribution in [0.15, 0.2) is 35.1 Å². The van der Waals surface area contributed by atoms with Crippen LogP contribution in [0.4, 0.5) is 5.69 Å². The number of anilines is 1. The summed E-state index contributed by atoms with van der Waals surface area (Å²) in [5.41, 5.74) is 7.77. The Labute approximate surface area is 71.3 Å². The summed E-state index contributed by atoms with van der Waals surface area (Å²) in [7, 11) is 0. The average molecular weight is 165 g/mol. The van der Waals surface area contributed by atoms with E-state index in [0.29, 0.717) is 0 Å². The van der Waals surface area contributed by atoms with Crippen LogP contribution in [0.1, 0.15) is 5.56 Å². The van der Waals surface area contributed by atoms with Crippen molar-refractivity contribution in [1.82, 2.24) is 0 Å². The molecule has 58 valence electrons. The standard InChI is InChI=1S/C9H11NS/c1-3-11-9-7(2)5-4-6-8(9)10/h3-6H,1,10H2,2H3.